The summed E-state index contributed by atoms with van der Waals surface area (Å²) in [6.07, 6.45) is 2.09. The largest absolute Gasteiger partial charge is 0.393 e. The third kappa shape index (κ3) is 7.03. The second-order valence-electron chi connectivity index (χ2n) is 4.09. The average molecular weight is 188 g/mol. The zero-order valence-electron chi connectivity index (χ0n) is 9.42. The van der Waals surface area contributed by atoms with Gasteiger partial charge >= 0.3 is 0 Å². The Bertz CT molecular complexity index is 113. The number of rotatable bonds is 7. The Balaban J connectivity index is 3.25. The van der Waals surface area contributed by atoms with Crippen molar-refractivity contribution >= 4 is 0 Å². The van der Waals surface area contributed by atoms with Gasteiger partial charge in [-0.15, -0.1) is 0 Å². The van der Waals surface area contributed by atoms with Crippen molar-refractivity contribution in [3.05, 3.63) is 0 Å². The number of aliphatic hydroxyl groups is 1. The van der Waals surface area contributed by atoms with Crippen molar-refractivity contribution in [1.82, 2.24) is 0 Å². The Morgan fingerprint density at radius 3 is 2.31 bits per heavy atom. The van der Waals surface area contributed by atoms with Crippen molar-refractivity contribution in [1.29, 1.82) is 0 Å². The summed E-state index contributed by atoms with van der Waals surface area (Å²) >= 11 is 0. The number of hydrogen-bond acceptors (Lipinski definition) is 2. The zero-order valence-corrected chi connectivity index (χ0v) is 9.42. The predicted molar refractivity (Wildman–Crippen MR) is 55.7 cm³/mol. The van der Waals surface area contributed by atoms with Crippen molar-refractivity contribution in [3.63, 3.8) is 0 Å². The molecule has 0 aromatic heterocycles. The Labute approximate surface area is 82.3 Å². The van der Waals surface area contributed by atoms with Gasteiger partial charge < -0.3 is 9.84 Å². The third-order valence-corrected chi connectivity index (χ3v) is 2.66. The smallest absolute Gasteiger partial charge is 0.0559 e. The monoisotopic (exact) mass is 188 g/mol. The SMILES string of the molecule is CCC(C)CCOCC(C)C(C)O. The Kier molecular flexibility index (Phi) is 7.29. The van der Waals surface area contributed by atoms with E-state index >= 15 is 0 Å². The number of hydrogen-bond donors (Lipinski definition) is 1. The topological polar surface area (TPSA) is 29.5 Å². The van der Waals surface area contributed by atoms with Gasteiger partial charge in [-0.3, -0.25) is 0 Å². The molecule has 0 amide bonds. The van der Waals surface area contributed by atoms with Crippen molar-refractivity contribution in [2.45, 2.75) is 46.6 Å². The third-order valence-electron chi connectivity index (χ3n) is 2.66. The highest BCUT2D eigenvalue weighted by Crippen LogP contribution is 2.07. The van der Waals surface area contributed by atoms with Crippen LogP contribution in [0.4, 0.5) is 0 Å². The van der Waals surface area contributed by atoms with E-state index in [1.807, 2.05) is 13.8 Å². The normalized spacial score (nSPS) is 18.2. The summed E-state index contributed by atoms with van der Waals surface area (Å²) in [7, 11) is 0. The summed E-state index contributed by atoms with van der Waals surface area (Å²) in [6, 6.07) is 0. The standard InChI is InChI=1S/C11H24O2/c1-5-9(2)6-7-13-8-10(3)11(4)12/h9-12H,5-8H2,1-4H3. The quantitative estimate of drug-likeness (QED) is 0.622. The molecule has 0 saturated carbocycles. The van der Waals surface area contributed by atoms with Gasteiger partial charge in [-0.25, -0.2) is 0 Å². The first kappa shape index (κ1) is 12.9. The van der Waals surface area contributed by atoms with Gasteiger partial charge in [0, 0.05) is 12.5 Å². The molecule has 0 heterocycles. The highest BCUT2D eigenvalue weighted by atomic mass is 16.5. The van der Waals surface area contributed by atoms with Crippen LogP contribution in [0.1, 0.15) is 40.5 Å². The molecule has 80 valence electrons. The minimum Gasteiger partial charge on any atom is -0.393 e. The second kappa shape index (κ2) is 7.34. The van der Waals surface area contributed by atoms with Crippen molar-refractivity contribution < 1.29 is 9.84 Å². The summed E-state index contributed by atoms with van der Waals surface area (Å²) in [4.78, 5) is 0. The summed E-state index contributed by atoms with van der Waals surface area (Å²) in [5, 5.41) is 9.20. The Morgan fingerprint density at radius 2 is 1.85 bits per heavy atom. The second-order valence-corrected chi connectivity index (χ2v) is 4.09. The molecule has 0 aliphatic heterocycles. The van der Waals surface area contributed by atoms with Crippen LogP contribution in [0, 0.1) is 11.8 Å². The van der Waals surface area contributed by atoms with E-state index < -0.39 is 0 Å². The summed E-state index contributed by atoms with van der Waals surface area (Å²) in [5.41, 5.74) is 0. The van der Waals surface area contributed by atoms with E-state index in [0.29, 0.717) is 6.61 Å². The first-order chi connectivity index (χ1) is 6.07. The van der Waals surface area contributed by atoms with Crippen LogP contribution in [0.3, 0.4) is 0 Å². The fourth-order valence-corrected chi connectivity index (χ4v) is 0.897. The zero-order chi connectivity index (χ0) is 10.3. The van der Waals surface area contributed by atoms with Crippen LogP contribution in [0.25, 0.3) is 0 Å². The molecule has 0 fully saturated rings. The van der Waals surface area contributed by atoms with Gasteiger partial charge in [0.05, 0.1) is 12.7 Å². The predicted octanol–water partition coefficient (Wildman–Crippen LogP) is 2.46. The molecule has 2 heteroatoms. The first-order valence-corrected chi connectivity index (χ1v) is 5.33. The van der Waals surface area contributed by atoms with Gasteiger partial charge in [-0.05, 0) is 19.3 Å². The average Bonchev–Trinajstić information content (AvgIpc) is 2.11. The number of aliphatic hydroxyl groups excluding tert-OH is 1. The maximum absolute atomic E-state index is 9.20. The summed E-state index contributed by atoms with van der Waals surface area (Å²) < 4.78 is 5.47. The number of ether oxygens (including phenoxy) is 1. The molecule has 0 aromatic carbocycles. The minimum atomic E-state index is -0.261. The Hall–Kier alpha value is -0.0800. The van der Waals surface area contributed by atoms with E-state index in [9.17, 15) is 5.11 Å². The van der Waals surface area contributed by atoms with Gasteiger partial charge in [-0.2, -0.15) is 0 Å². The minimum absolute atomic E-state index is 0.247. The molecule has 0 radical (unpaired) electrons. The molecule has 3 unspecified atom stereocenters. The first-order valence-electron chi connectivity index (χ1n) is 5.33. The molecule has 2 nitrogen and oxygen atoms in total. The van der Waals surface area contributed by atoms with Crippen LogP contribution in [0.2, 0.25) is 0 Å². The Morgan fingerprint density at radius 1 is 1.23 bits per heavy atom. The molecule has 13 heavy (non-hydrogen) atoms. The molecule has 0 aliphatic rings. The summed E-state index contributed by atoms with van der Waals surface area (Å²) in [5.74, 6) is 0.999. The van der Waals surface area contributed by atoms with Crippen LogP contribution in [0.15, 0.2) is 0 Å². The fourth-order valence-electron chi connectivity index (χ4n) is 0.897. The lowest BCUT2D eigenvalue weighted by atomic mass is 10.1. The van der Waals surface area contributed by atoms with E-state index in [2.05, 4.69) is 13.8 Å². The van der Waals surface area contributed by atoms with Crippen LogP contribution in [-0.2, 0) is 4.74 Å². The van der Waals surface area contributed by atoms with Crippen LogP contribution < -0.4 is 0 Å². The van der Waals surface area contributed by atoms with E-state index in [0.717, 1.165) is 18.9 Å². The lowest BCUT2D eigenvalue weighted by molar-refractivity contribution is 0.0397. The van der Waals surface area contributed by atoms with E-state index in [-0.39, 0.29) is 12.0 Å². The van der Waals surface area contributed by atoms with Gasteiger partial charge in [0.1, 0.15) is 0 Å². The van der Waals surface area contributed by atoms with Crippen LogP contribution in [0.5, 0.6) is 0 Å². The van der Waals surface area contributed by atoms with Crippen LogP contribution >= 0.6 is 0 Å². The van der Waals surface area contributed by atoms with Gasteiger partial charge in [0.15, 0.2) is 0 Å². The van der Waals surface area contributed by atoms with Gasteiger partial charge in [0.25, 0.3) is 0 Å². The molecule has 0 aromatic rings. The molecule has 1 N–H and O–H groups in total. The lowest BCUT2D eigenvalue weighted by Gasteiger charge is -2.15. The molecule has 0 saturated heterocycles. The molecule has 0 bridgehead atoms. The van der Waals surface area contributed by atoms with Crippen molar-refractivity contribution in [2.75, 3.05) is 13.2 Å². The van der Waals surface area contributed by atoms with Gasteiger partial charge in [-0.1, -0.05) is 27.2 Å². The maximum atomic E-state index is 9.20. The highest BCUT2D eigenvalue weighted by Gasteiger charge is 2.08. The molecule has 3 atom stereocenters. The molecular weight excluding hydrogens is 164 g/mol. The van der Waals surface area contributed by atoms with Crippen molar-refractivity contribution in [3.8, 4) is 0 Å². The van der Waals surface area contributed by atoms with E-state index in [4.69, 9.17) is 4.74 Å². The van der Waals surface area contributed by atoms with E-state index in [1.54, 1.807) is 0 Å². The molecular formula is C11H24O2. The molecule has 0 rings (SSSR count). The summed E-state index contributed by atoms with van der Waals surface area (Å²) in [6.45, 7) is 9.75. The highest BCUT2D eigenvalue weighted by molar-refractivity contribution is 4.57. The van der Waals surface area contributed by atoms with Gasteiger partial charge in [0.2, 0.25) is 0 Å². The molecule has 0 spiro atoms. The molecule has 0 aliphatic carbocycles. The van der Waals surface area contributed by atoms with Crippen LogP contribution in [-0.4, -0.2) is 24.4 Å². The fraction of sp³-hybridized carbons (Fsp3) is 1.00. The van der Waals surface area contributed by atoms with Crippen molar-refractivity contribution in [2.24, 2.45) is 11.8 Å². The lowest BCUT2D eigenvalue weighted by Crippen LogP contribution is -2.19. The van der Waals surface area contributed by atoms with E-state index in [1.165, 1.54) is 6.42 Å². The maximum Gasteiger partial charge on any atom is 0.0559 e.